The Labute approximate surface area is 282 Å². The lowest BCUT2D eigenvalue weighted by molar-refractivity contribution is 1.25. The van der Waals surface area contributed by atoms with E-state index in [1.807, 2.05) is 0 Å². The van der Waals surface area contributed by atoms with Crippen molar-refractivity contribution in [1.29, 1.82) is 0 Å². The van der Waals surface area contributed by atoms with Gasteiger partial charge in [-0.05, 0) is 89.4 Å². The molecule has 2 heterocycles. The Kier molecular flexibility index (Phi) is 7.42. The lowest BCUT2D eigenvalue weighted by Crippen LogP contribution is -1.99. The van der Waals surface area contributed by atoms with E-state index in [0.717, 1.165) is 44.3 Å². The summed E-state index contributed by atoms with van der Waals surface area (Å²) in [4.78, 5) is 10.6. The van der Waals surface area contributed by atoms with Gasteiger partial charge in [-0.15, -0.1) is 0 Å². The standard InChI is InChI=1S/C46H36N2/c1-29-31(3)43(37-14-9-6-10-15-37)47-45-41(29)26-27-42-30(2)32(4)44(48-46(42)45)38-24-22-35(23-25-38)34-18-20-36(21-19-34)40-17-11-16-39(28-40)33-12-7-5-8-13-33/h5-28H,1-4H3. The first-order chi connectivity index (χ1) is 23.5. The van der Waals surface area contributed by atoms with Gasteiger partial charge in [-0.25, -0.2) is 9.97 Å². The molecule has 0 aliphatic carbocycles. The zero-order chi connectivity index (χ0) is 32.8. The molecule has 0 bridgehead atoms. The van der Waals surface area contributed by atoms with E-state index in [9.17, 15) is 0 Å². The maximum atomic E-state index is 5.35. The fraction of sp³-hybridized carbons (Fsp3) is 0.0870. The highest BCUT2D eigenvalue weighted by Gasteiger charge is 2.17. The molecule has 0 fully saturated rings. The Morgan fingerprint density at radius 1 is 0.292 bits per heavy atom. The van der Waals surface area contributed by atoms with Gasteiger partial charge in [0.25, 0.3) is 0 Å². The summed E-state index contributed by atoms with van der Waals surface area (Å²) >= 11 is 0. The van der Waals surface area contributed by atoms with Crippen LogP contribution in [0.25, 0.3) is 77.7 Å². The molecular weight excluding hydrogens is 581 g/mol. The van der Waals surface area contributed by atoms with E-state index in [1.165, 1.54) is 55.6 Å². The third-order valence-corrected chi connectivity index (χ3v) is 9.97. The molecule has 6 aromatic carbocycles. The molecule has 2 nitrogen and oxygen atoms in total. The molecule has 0 aliphatic heterocycles. The van der Waals surface area contributed by atoms with E-state index in [2.05, 4.69) is 173 Å². The highest BCUT2D eigenvalue weighted by molar-refractivity contribution is 6.07. The van der Waals surface area contributed by atoms with Crippen molar-refractivity contribution in [3.8, 4) is 55.9 Å². The van der Waals surface area contributed by atoms with Crippen LogP contribution in [0.5, 0.6) is 0 Å². The number of fused-ring (bicyclic) bond motifs is 3. The summed E-state index contributed by atoms with van der Waals surface area (Å²) in [5.74, 6) is 0. The minimum atomic E-state index is 0.960. The van der Waals surface area contributed by atoms with E-state index in [-0.39, 0.29) is 0 Å². The minimum Gasteiger partial charge on any atom is -0.245 e. The fourth-order valence-electron chi connectivity index (χ4n) is 6.90. The second-order valence-corrected chi connectivity index (χ2v) is 12.7. The Morgan fingerprint density at radius 3 is 1.08 bits per heavy atom. The number of rotatable bonds is 5. The van der Waals surface area contributed by atoms with Gasteiger partial charge in [-0.1, -0.05) is 140 Å². The number of benzene rings is 6. The second kappa shape index (κ2) is 12.1. The summed E-state index contributed by atoms with van der Waals surface area (Å²) in [5, 5.41) is 2.32. The zero-order valence-corrected chi connectivity index (χ0v) is 27.8. The fourth-order valence-corrected chi connectivity index (χ4v) is 6.90. The van der Waals surface area contributed by atoms with Crippen LogP contribution in [0.3, 0.4) is 0 Å². The van der Waals surface area contributed by atoms with Crippen LogP contribution in [-0.2, 0) is 0 Å². The molecular formula is C46H36N2. The van der Waals surface area contributed by atoms with Crippen molar-refractivity contribution in [3.05, 3.63) is 168 Å². The van der Waals surface area contributed by atoms with Crippen molar-refractivity contribution in [1.82, 2.24) is 9.97 Å². The van der Waals surface area contributed by atoms with Gasteiger partial charge in [-0.3, -0.25) is 0 Å². The highest BCUT2D eigenvalue weighted by atomic mass is 14.8. The maximum absolute atomic E-state index is 5.35. The zero-order valence-electron chi connectivity index (χ0n) is 27.8. The summed E-state index contributed by atoms with van der Waals surface area (Å²) in [5.41, 5.74) is 18.4. The Morgan fingerprint density at radius 2 is 0.625 bits per heavy atom. The van der Waals surface area contributed by atoms with Gasteiger partial charge < -0.3 is 0 Å². The van der Waals surface area contributed by atoms with Crippen molar-refractivity contribution in [2.75, 3.05) is 0 Å². The molecule has 0 saturated carbocycles. The SMILES string of the molecule is Cc1c(-c2ccccc2)nc2c(ccc3c(C)c(C)c(-c4ccc(-c5ccc(-c6cccc(-c7ccccc7)c6)cc5)cc4)nc32)c1C. The monoisotopic (exact) mass is 616 g/mol. The van der Waals surface area contributed by atoms with Gasteiger partial charge in [0, 0.05) is 21.9 Å². The van der Waals surface area contributed by atoms with Crippen LogP contribution >= 0.6 is 0 Å². The molecule has 230 valence electrons. The molecule has 0 saturated heterocycles. The van der Waals surface area contributed by atoms with Gasteiger partial charge in [0.2, 0.25) is 0 Å². The Bertz CT molecular complexity index is 2440. The van der Waals surface area contributed by atoms with Crippen molar-refractivity contribution >= 4 is 21.8 Å². The lowest BCUT2D eigenvalue weighted by atomic mass is 9.94. The summed E-state index contributed by atoms with van der Waals surface area (Å²) in [7, 11) is 0. The molecule has 2 aromatic heterocycles. The number of nitrogens with zero attached hydrogens (tertiary/aromatic N) is 2. The molecule has 0 spiro atoms. The number of pyridine rings is 2. The van der Waals surface area contributed by atoms with Crippen molar-refractivity contribution in [3.63, 3.8) is 0 Å². The molecule has 48 heavy (non-hydrogen) atoms. The Hall–Kier alpha value is -5.86. The van der Waals surface area contributed by atoms with E-state index >= 15 is 0 Å². The minimum absolute atomic E-state index is 0.960. The lowest BCUT2D eigenvalue weighted by Gasteiger charge is -2.16. The second-order valence-electron chi connectivity index (χ2n) is 12.7. The van der Waals surface area contributed by atoms with Crippen LogP contribution < -0.4 is 0 Å². The van der Waals surface area contributed by atoms with Crippen molar-refractivity contribution in [2.24, 2.45) is 0 Å². The van der Waals surface area contributed by atoms with Crippen LogP contribution in [0.15, 0.2) is 146 Å². The summed E-state index contributed by atoms with van der Waals surface area (Å²) in [6, 6.07) is 51.9. The van der Waals surface area contributed by atoms with E-state index < -0.39 is 0 Å². The molecule has 0 N–H and O–H groups in total. The molecule has 8 aromatic rings. The maximum Gasteiger partial charge on any atom is 0.0975 e. The number of hydrogen-bond donors (Lipinski definition) is 0. The average molecular weight is 617 g/mol. The molecule has 0 amide bonds. The average Bonchev–Trinajstić information content (AvgIpc) is 3.15. The van der Waals surface area contributed by atoms with E-state index in [4.69, 9.17) is 9.97 Å². The van der Waals surface area contributed by atoms with Crippen molar-refractivity contribution in [2.45, 2.75) is 27.7 Å². The van der Waals surface area contributed by atoms with Gasteiger partial charge in [-0.2, -0.15) is 0 Å². The molecule has 0 unspecified atom stereocenters. The molecule has 0 aliphatic rings. The van der Waals surface area contributed by atoms with E-state index in [1.54, 1.807) is 0 Å². The van der Waals surface area contributed by atoms with Gasteiger partial charge in [0.05, 0.1) is 22.4 Å². The van der Waals surface area contributed by atoms with Crippen LogP contribution in [0, 0.1) is 27.7 Å². The van der Waals surface area contributed by atoms with Crippen LogP contribution in [-0.4, -0.2) is 9.97 Å². The number of aromatic nitrogens is 2. The third kappa shape index (κ3) is 5.16. The normalized spacial score (nSPS) is 11.3. The largest absolute Gasteiger partial charge is 0.245 e. The van der Waals surface area contributed by atoms with Gasteiger partial charge >= 0.3 is 0 Å². The summed E-state index contributed by atoms with van der Waals surface area (Å²) < 4.78 is 0. The van der Waals surface area contributed by atoms with Crippen LogP contribution in [0.4, 0.5) is 0 Å². The number of aryl methyl sites for hydroxylation is 2. The topological polar surface area (TPSA) is 25.8 Å². The van der Waals surface area contributed by atoms with Gasteiger partial charge in [0.1, 0.15) is 0 Å². The first-order valence-electron chi connectivity index (χ1n) is 16.6. The molecule has 2 heteroatoms. The Balaban J connectivity index is 1.15. The predicted molar refractivity (Wildman–Crippen MR) is 203 cm³/mol. The van der Waals surface area contributed by atoms with Crippen molar-refractivity contribution < 1.29 is 0 Å². The van der Waals surface area contributed by atoms with Gasteiger partial charge in [0.15, 0.2) is 0 Å². The molecule has 0 atom stereocenters. The highest BCUT2D eigenvalue weighted by Crippen LogP contribution is 2.37. The molecule has 0 radical (unpaired) electrons. The first kappa shape index (κ1) is 29.5. The van der Waals surface area contributed by atoms with Crippen LogP contribution in [0.2, 0.25) is 0 Å². The third-order valence-electron chi connectivity index (χ3n) is 9.97. The number of hydrogen-bond acceptors (Lipinski definition) is 2. The smallest absolute Gasteiger partial charge is 0.0975 e. The summed E-state index contributed by atoms with van der Waals surface area (Å²) in [6.07, 6.45) is 0. The molecule has 8 rings (SSSR count). The van der Waals surface area contributed by atoms with Crippen LogP contribution in [0.1, 0.15) is 22.3 Å². The quantitative estimate of drug-likeness (QED) is 0.180. The first-order valence-corrected chi connectivity index (χ1v) is 16.6. The van der Waals surface area contributed by atoms with E-state index in [0.29, 0.717) is 0 Å². The summed E-state index contributed by atoms with van der Waals surface area (Å²) in [6.45, 7) is 8.77. The predicted octanol–water partition coefficient (Wildman–Crippen LogP) is 12.4.